The lowest BCUT2D eigenvalue weighted by Gasteiger charge is -2.34. The van der Waals surface area contributed by atoms with Gasteiger partial charge in [0, 0.05) is 49.1 Å². The third-order valence-corrected chi connectivity index (χ3v) is 6.73. The van der Waals surface area contributed by atoms with E-state index in [2.05, 4.69) is 22.4 Å². The molecule has 3 heterocycles. The topological polar surface area (TPSA) is 75.9 Å². The average Bonchev–Trinajstić information content (AvgIpc) is 3.32. The molecule has 5 rings (SSSR count). The van der Waals surface area contributed by atoms with E-state index < -0.39 is 5.63 Å². The Labute approximate surface area is 194 Å². The highest BCUT2D eigenvalue weighted by molar-refractivity contribution is 7.13. The molecule has 1 amide bonds. The summed E-state index contributed by atoms with van der Waals surface area (Å²) < 4.78 is 10.7. The van der Waals surface area contributed by atoms with Crippen molar-refractivity contribution in [3.05, 3.63) is 81.7 Å². The fraction of sp³-hybridized carbons (Fsp3) is 0.240. The van der Waals surface area contributed by atoms with Crippen molar-refractivity contribution in [2.75, 3.05) is 33.3 Å². The predicted octanol–water partition coefficient (Wildman–Crippen LogP) is 3.88. The second-order valence-corrected chi connectivity index (χ2v) is 8.76. The van der Waals surface area contributed by atoms with Gasteiger partial charge in [-0.1, -0.05) is 42.5 Å². The Morgan fingerprint density at radius 2 is 1.88 bits per heavy atom. The molecule has 33 heavy (non-hydrogen) atoms. The summed E-state index contributed by atoms with van der Waals surface area (Å²) in [5.41, 5.74) is 1.91. The molecule has 0 unspecified atom stereocenters. The number of piperazine rings is 1. The molecular formula is C25H23N3O4S. The number of ether oxygens (including phenoxy) is 1. The van der Waals surface area contributed by atoms with Gasteiger partial charge in [0.05, 0.1) is 12.8 Å². The molecule has 0 spiro atoms. The van der Waals surface area contributed by atoms with Gasteiger partial charge in [0.25, 0.3) is 5.91 Å². The molecule has 0 saturated carbocycles. The first kappa shape index (κ1) is 21.4. The predicted molar refractivity (Wildman–Crippen MR) is 128 cm³/mol. The minimum atomic E-state index is -0.643. The fourth-order valence-corrected chi connectivity index (χ4v) is 4.85. The number of para-hydroxylation sites is 1. The van der Waals surface area contributed by atoms with Crippen LogP contribution in [0.4, 0.5) is 0 Å². The SMILES string of the molecule is COc1cccc2cc(C(=O)N3CCN(Cc4csc(-c5ccccc5)n4)CC3)c(=O)oc12. The smallest absolute Gasteiger partial charge is 0.349 e. The van der Waals surface area contributed by atoms with Crippen LogP contribution in [0.5, 0.6) is 5.75 Å². The lowest BCUT2D eigenvalue weighted by molar-refractivity contribution is 0.0623. The van der Waals surface area contributed by atoms with Gasteiger partial charge < -0.3 is 14.1 Å². The number of hydrogen-bond donors (Lipinski definition) is 0. The Hall–Kier alpha value is -3.49. The third kappa shape index (κ3) is 4.40. The highest BCUT2D eigenvalue weighted by atomic mass is 32.1. The van der Waals surface area contributed by atoms with E-state index in [0.717, 1.165) is 35.9 Å². The normalized spacial score (nSPS) is 14.5. The lowest BCUT2D eigenvalue weighted by atomic mass is 10.1. The number of thiazole rings is 1. The van der Waals surface area contributed by atoms with Crippen LogP contribution in [-0.4, -0.2) is 54.0 Å². The van der Waals surface area contributed by atoms with Gasteiger partial charge in [-0.3, -0.25) is 9.69 Å². The van der Waals surface area contributed by atoms with Gasteiger partial charge in [0.1, 0.15) is 10.6 Å². The maximum Gasteiger partial charge on any atom is 0.349 e. The van der Waals surface area contributed by atoms with Crippen LogP contribution in [-0.2, 0) is 6.54 Å². The number of hydrogen-bond acceptors (Lipinski definition) is 7. The Morgan fingerprint density at radius 3 is 2.64 bits per heavy atom. The molecule has 168 valence electrons. The van der Waals surface area contributed by atoms with Crippen LogP contribution >= 0.6 is 11.3 Å². The summed E-state index contributed by atoms with van der Waals surface area (Å²) in [5, 5.41) is 3.77. The van der Waals surface area contributed by atoms with Crippen LogP contribution in [0.1, 0.15) is 16.1 Å². The minimum absolute atomic E-state index is 0.0520. The molecule has 1 aliphatic rings. The van der Waals surface area contributed by atoms with Gasteiger partial charge in [0.15, 0.2) is 11.3 Å². The van der Waals surface area contributed by atoms with E-state index in [0.29, 0.717) is 29.8 Å². The summed E-state index contributed by atoms with van der Waals surface area (Å²) in [6, 6.07) is 17.1. The zero-order chi connectivity index (χ0) is 22.8. The number of amides is 1. The van der Waals surface area contributed by atoms with Crippen molar-refractivity contribution in [2.24, 2.45) is 0 Å². The second-order valence-electron chi connectivity index (χ2n) is 7.90. The van der Waals surface area contributed by atoms with Gasteiger partial charge >= 0.3 is 5.63 Å². The number of rotatable bonds is 5. The van der Waals surface area contributed by atoms with Crippen LogP contribution in [0, 0.1) is 0 Å². The first-order chi connectivity index (χ1) is 16.1. The summed E-state index contributed by atoms with van der Waals surface area (Å²) in [6.45, 7) is 3.27. The van der Waals surface area contributed by atoms with Crippen LogP contribution in [0.15, 0.2) is 69.2 Å². The third-order valence-electron chi connectivity index (χ3n) is 5.79. The molecule has 0 radical (unpaired) electrons. The maximum absolute atomic E-state index is 13.0. The van der Waals surface area contributed by atoms with E-state index in [9.17, 15) is 9.59 Å². The van der Waals surface area contributed by atoms with Crippen molar-refractivity contribution in [1.82, 2.24) is 14.8 Å². The van der Waals surface area contributed by atoms with E-state index in [1.807, 2.05) is 18.2 Å². The monoisotopic (exact) mass is 461 g/mol. The van der Waals surface area contributed by atoms with Crippen LogP contribution in [0.25, 0.3) is 21.5 Å². The van der Waals surface area contributed by atoms with Crippen molar-refractivity contribution >= 4 is 28.2 Å². The summed E-state index contributed by atoms with van der Waals surface area (Å²) in [5.74, 6) is 0.169. The zero-order valence-corrected chi connectivity index (χ0v) is 19.0. The second kappa shape index (κ2) is 9.17. The number of aromatic nitrogens is 1. The highest BCUT2D eigenvalue weighted by Gasteiger charge is 2.25. The Bertz CT molecular complexity index is 1340. The Balaban J connectivity index is 1.24. The lowest BCUT2D eigenvalue weighted by Crippen LogP contribution is -2.49. The molecule has 1 saturated heterocycles. The molecule has 8 heteroatoms. The molecule has 4 aromatic rings. The van der Waals surface area contributed by atoms with Crippen LogP contribution in [0.3, 0.4) is 0 Å². The van der Waals surface area contributed by atoms with Gasteiger partial charge in [-0.2, -0.15) is 0 Å². The molecule has 0 aliphatic carbocycles. The van der Waals surface area contributed by atoms with Crippen molar-refractivity contribution < 1.29 is 13.9 Å². The molecule has 0 atom stereocenters. The number of methoxy groups -OCH3 is 1. The molecule has 0 bridgehead atoms. The summed E-state index contributed by atoms with van der Waals surface area (Å²) in [7, 11) is 1.52. The zero-order valence-electron chi connectivity index (χ0n) is 18.2. The molecule has 1 aliphatic heterocycles. The van der Waals surface area contributed by atoms with Gasteiger partial charge in [-0.05, 0) is 12.1 Å². The standard InChI is InChI=1S/C25H23N3O4S/c1-31-21-9-5-8-18-14-20(25(30)32-22(18)21)24(29)28-12-10-27(11-13-28)15-19-16-33-23(26-19)17-6-3-2-4-7-17/h2-9,14,16H,10-13,15H2,1H3. The first-order valence-corrected chi connectivity index (χ1v) is 11.6. The molecular weight excluding hydrogens is 438 g/mol. The minimum Gasteiger partial charge on any atom is -0.493 e. The van der Waals surface area contributed by atoms with Gasteiger partial charge in [0.2, 0.25) is 0 Å². The summed E-state index contributed by atoms with van der Waals surface area (Å²) in [4.78, 5) is 34.3. The molecule has 2 aromatic heterocycles. The average molecular weight is 462 g/mol. The highest BCUT2D eigenvalue weighted by Crippen LogP contribution is 2.26. The van der Waals surface area contributed by atoms with E-state index in [1.54, 1.807) is 40.5 Å². The summed E-state index contributed by atoms with van der Waals surface area (Å²) in [6.07, 6.45) is 0. The number of carbonyl (C=O) groups excluding carboxylic acids is 1. The molecule has 1 fully saturated rings. The van der Waals surface area contributed by atoms with Crippen molar-refractivity contribution in [3.63, 3.8) is 0 Å². The van der Waals surface area contributed by atoms with Crippen molar-refractivity contribution in [1.29, 1.82) is 0 Å². The molecule has 7 nitrogen and oxygen atoms in total. The maximum atomic E-state index is 13.0. The van der Waals surface area contributed by atoms with Gasteiger partial charge in [-0.15, -0.1) is 11.3 Å². The number of nitrogens with zero attached hydrogens (tertiary/aromatic N) is 3. The number of fused-ring (bicyclic) bond motifs is 1. The quantitative estimate of drug-likeness (QED) is 0.420. The van der Waals surface area contributed by atoms with Crippen LogP contribution < -0.4 is 10.4 Å². The largest absolute Gasteiger partial charge is 0.493 e. The molecule has 0 N–H and O–H groups in total. The molecule has 2 aromatic carbocycles. The fourth-order valence-electron chi connectivity index (χ4n) is 4.03. The Kier molecular flexibility index (Phi) is 5.93. The van der Waals surface area contributed by atoms with E-state index >= 15 is 0 Å². The summed E-state index contributed by atoms with van der Waals surface area (Å²) >= 11 is 1.64. The number of benzene rings is 2. The first-order valence-electron chi connectivity index (χ1n) is 10.7. The van der Waals surface area contributed by atoms with E-state index in [-0.39, 0.29) is 11.5 Å². The number of carbonyl (C=O) groups is 1. The van der Waals surface area contributed by atoms with E-state index in [4.69, 9.17) is 14.1 Å². The van der Waals surface area contributed by atoms with Gasteiger partial charge in [-0.25, -0.2) is 9.78 Å². The van der Waals surface area contributed by atoms with Crippen molar-refractivity contribution in [2.45, 2.75) is 6.54 Å². The Morgan fingerprint density at radius 1 is 1.09 bits per heavy atom. The van der Waals surface area contributed by atoms with E-state index in [1.165, 1.54) is 7.11 Å². The van der Waals surface area contributed by atoms with Crippen molar-refractivity contribution in [3.8, 4) is 16.3 Å². The van der Waals surface area contributed by atoms with Crippen LogP contribution in [0.2, 0.25) is 0 Å².